The highest BCUT2D eigenvalue weighted by atomic mass is 127. The maximum absolute atomic E-state index is 5.41. The predicted octanol–water partition coefficient (Wildman–Crippen LogP) is 1.55. The van der Waals surface area contributed by atoms with Gasteiger partial charge in [-0.1, -0.05) is 6.92 Å². The Labute approximate surface area is 153 Å². The summed E-state index contributed by atoms with van der Waals surface area (Å²) >= 11 is 0. The van der Waals surface area contributed by atoms with E-state index in [9.17, 15) is 0 Å². The largest absolute Gasteiger partial charge is 0.382 e. The van der Waals surface area contributed by atoms with Crippen LogP contribution in [0.4, 0.5) is 0 Å². The lowest BCUT2D eigenvalue weighted by Crippen LogP contribution is -2.43. The van der Waals surface area contributed by atoms with Gasteiger partial charge in [0, 0.05) is 46.4 Å². The Balaban J connectivity index is 0. The van der Waals surface area contributed by atoms with Crippen molar-refractivity contribution >= 4 is 29.9 Å². The molecule has 22 heavy (non-hydrogen) atoms. The Hall–Kier alpha value is -0.120. The third-order valence-corrected chi connectivity index (χ3v) is 3.24. The number of hydrogen-bond donors (Lipinski definition) is 2. The van der Waals surface area contributed by atoms with Gasteiger partial charge in [0.15, 0.2) is 5.96 Å². The topological polar surface area (TPSA) is 58.1 Å². The second-order valence-corrected chi connectivity index (χ2v) is 5.11. The minimum absolute atomic E-state index is 0. The third kappa shape index (κ3) is 13.5. The SMILES string of the molecule is CCN(CCNC(=NC)NCCCOCCOC)C(C)C.I. The third-order valence-electron chi connectivity index (χ3n) is 3.24. The summed E-state index contributed by atoms with van der Waals surface area (Å²) < 4.78 is 10.3. The van der Waals surface area contributed by atoms with Crippen molar-refractivity contribution in [2.75, 3.05) is 60.2 Å². The van der Waals surface area contributed by atoms with Crippen LogP contribution in [0.25, 0.3) is 0 Å². The quantitative estimate of drug-likeness (QED) is 0.213. The molecule has 0 fully saturated rings. The molecule has 0 aliphatic rings. The maximum Gasteiger partial charge on any atom is 0.191 e. The lowest BCUT2D eigenvalue weighted by atomic mass is 10.3. The van der Waals surface area contributed by atoms with Crippen molar-refractivity contribution < 1.29 is 9.47 Å². The second kappa shape index (κ2) is 17.2. The molecule has 0 aliphatic carbocycles. The molecule has 0 rings (SSSR count). The molecular formula is C15H35IN4O2. The lowest BCUT2D eigenvalue weighted by Gasteiger charge is -2.25. The van der Waals surface area contributed by atoms with Gasteiger partial charge in [-0.15, -0.1) is 24.0 Å². The summed E-state index contributed by atoms with van der Waals surface area (Å²) in [5.74, 6) is 0.853. The fraction of sp³-hybridized carbons (Fsp3) is 0.933. The number of nitrogens with zero attached hydrogens (tertiary/aromatic N) is 2. The van der Waals surface area contributed by atoms with E-state index in [1.54, 1.807) is 14.2 Å². The fourth-order valence-electron chi connectivity index (χ4n) is 1.95. The van der Waals surface area contributed by atoms with E-state index in [2.05, 4.69) is 41.3 Å². The van der Waals surface area contributed by atoms with Crippen molar-refractivity contribution in [1.29, 1.82) is 0 Å². The van der Waals surface area contributed by atoms with Crippen LogP contribution in [0.1, 0.15) is 27.2 Å². The lowest BCUT2D eigenvalue weighted by molar-refractivity contribution is 0.0698. The van der Waals surface area contributed by atoms with Crippen LogP contribution in [0.15, 0.2) is 4.99 Å². The standard InChI is InChI=1S/C15H34N4O2.HI/c1-6-19(14(2)3)10-9-18-15(16-4)17-8-7-11-21-13-12-20-5;/h14H,6-13H2,1-5H3,(H2,16,17,18);1H. The van der Waals surface area contributed by atoms with Crippen molar-refractivity contribution in [3.05, 3.63) is 0 Å². The molecule has 0 amide bonds. The number of hydrogen-bond acceptors (Lipinski definition) is 4. The summed E-state index contributed by atoms with van der Waals surface area (Å²) in [5, 5.41) is 6.63. The highest BCUT2D eigenvalue weighted by Gasteiger charge is 2.06. The highest BCUT2D eigenvalue weighted by molar-refractivity contribution is 14.0. The molecule has 0 spiro atoms. The first-order valence-electron chi connectivity index (χ1n) is 7.90. The maximum atomic E-state index is 5.41. The molecule has 0 aromatic rings. The summed E-state index contributed by atoms with van der Waals surface area (Å²) in [7, 11) is 3.48. The van der Waals surface area contributed by atoms with Crippen molar-refractivity contribution in [3.63, 3.8) is 0 Å². The molecule has 0 saturated carbocycles. The van der Waals surface area contributed by atoms with Gasteiger partial charge in [-0.05, 0) is 26.8 Å². The number of ether oxygens (including phenoxy) is 2. The smallest absolute Gasteiger partial charge is 0.191 e. The molecule has 0 atom stereocenters. The first kappa shape index (κ1) is 24.1. The van der Waals surface area contributed by atoms with E-state index in [4.69, 9.17) is 9.47 Å². The van der Waals surface area contributed by atoms with Gasteiger partial charge >= 0.3 is 0 Å². The first-order chi connectivity index (χ1) is 10.2. The molecule has 2 N–H and O–H groups in total. The molecule has 0 aromatic carbocycles. The van der Waals surface area contributed by atoms with E-state index in [1.165, 1.54) is 0 Å². The van der Waals surface area contributed by atoms with Crippen molar-refractivity contribution in [1.82, 2.24) is 15.5 Å². The first-order valence-corrected chi connectivity index (χ1v) is 7.90. The van der Waals surface area contributed by atoms with Crippen LogP contribution in [0.2, 0.25) is 0 Å². The zero-order valence-electron chi connectivity index (χ0n) is 14.9. The zero-order valence-corrected chi connectivity index (χ0v) is 17.2. The molecule has 0 unspecified atom stereocenters. The molecule has 0 aliphatic heterocycles. The van der Waals surface area contributed by atoms with Gasteiger partial charge in [-0.25, -0.2) is 0 Å². The Morgan fingerprint density at radius 2 is 1.82 bits per heavy atom. The van der Waals surface area contributed by atoms with E-state index in [0.717, 1.165) is 45.2 Å². The normalized spacial score (nSPS) is 11.7. The molecule has 0 saturated heterocycles. The molecule has 0 radical (unpaired) electrons. The van der Waals surface area contributed by atoms with Gasteiger partial charge in [0.2, 0.25) is 0 Å². The number of rotatable bonds is 12. The van der Waals surface area contributed by atoms with Gasteiger partial charge in [-0.3, -0.25) is 9.89 Å². The minimum atomic E-state index is 0. The molecule has 6 nitrogen and oxygen atoms in total. The average molecular weight is 430 g/mol. The number of methoxy groups -OCH3 is 1. The Morgan fingerprint density at radius 1 is 1.14 bits per heavy atom. The minimum Gasteiger partial charge on any atom is -0.382 e. The van der Waals surface area contributed by atoms with Gasteiger partial charge < -0.3 is 20.1 Å². The Morgan fingerprint density at radius 3 is 2.36 bits per heavy atom. The van der Waals surface area contributed by atoms with E-state index >= 15 is 0 Å². The number of halogens is 1. The Kier molecular flexibility index (Phi) is 18.9. The molecule has 0 aromatic heterocycles. The molecule has 7 heteroatoms. The van der Waals surface area contributed by atoms with Crippen molar-refractivity contribution in [2.45, 2.75) is 33.2 Å². The van der Waals surface area contributed by atoms with Crippen LogP contribution in [-0.4, -0.2) is 77.1 Å². The summed E-state index contributed by atoms with van der Waals surface area (Å²) in [4.78, 5) is 6.64. The van der Waals surface area contributed by atoms with E-state index < -0.39 is 0 Å². The van der Waals surface area contributed by atoms with Gasteiger partial charge in [0.1, 0.15) is 0 Å². The molecule has 134 valence electrons. The second-order valence-electron chi connectivity index (χ2n) is 5.11. The summed E-state index contributed by atoms with van der Waals surface area (Å²) in [5.41, 5.74) is 0. The zero-order chi connectivity index (χ0) is 15.9. The van der Waals surface area contributed by atoms with Crippen LogP contribution in [-0.2, 0) is 9.47 Å². The van der Waals surface area contributed by atoms with Crippen LogP contribution in [0, 0.1) is 0 Å². The molecule has 0 bridgehead atoms. The number of aliphatic imine (C=N–C) groups is 1. The van der Waals surface area contributed by atoms with Gasteiger partial charge in [-0.2, -0.15) is 0 Å². The van der Waals surface area contributed by atoms with Crippen molar-refractivity contribution in [2.24, 2.45) is 4.99 Å². The summed E-state index contributed by atoms with van der Waals surface area (Å²) in [6.07, 6.45) is 0.956. The monoisotopic (exact) mass is 430 g/mol. The van der Waals surface area contributed by atoms with E-state index in [0.29, 0.717) is 19.3 Å². The summed E-state index contributed by atoms with van der Waals surface area (Å²) in [6.45, 7) is 12.5. The molecule has 0 heterocycles. The van der Waals surface area contributed by atoms with Gasteiger partial charge in [0.25, 0.3) is 0 Å². The average Bonchev–Trinajstić information content (AvgIpc) is 2.48. The van der Waals surface area contributed by atoms with Crippen molar-refractivity contribution in [3.8, 4) is 0 Å². The fourth-order valence-corrected chi connectivity index (χ4v) is 1.95. The number of nitrogens with one attached hydrogen (secondary N) is 2. The van der Waals surface area contributed by atoms with E-state index in [-0.39, 0.29) is 24.0 Å². The number of likely N-dealkylation sites (N-methyl/N-ethyl adjacent to an activating group) is 1. The Bertz CT molecular complexity index is 266. The number of guanidine groups is 1. The summed E-state index contributed by atoms with van der Waals surface area (Å²) in [6, 6.07) is 0.580. The highest BCUT2D eigenvalue weighted by Crippen LogP contribution is 1.95. The van der Waals surface area contributed by atoms with Crippen LogP contribution < -0.4 is 10.6 Å². The van der Waals surface area contributed by atoms with Gasteiger partial charge in [0.05, 0.1) is 13.2 Å². The van der Waals surface area contributed by atoms with Crippen LogP contribution >= 0.6 is 24.0 Å². The van der Waals surface area contributed by atoms with Crippen LogP contribution in [0.5, 0.6) is 0 Å². The molecular weight excluding hydrogens is 395 g/mol. The van der Waals surface area contributed by atoms with Crippen LogP contribution in [0.3, 0.4) is 0 Å². The van der Waals surface area contributed by atoms with E-state index in [1.807, 2.05) is 0 Å². The predicted molar refractivity (Wildman–Crippen MR) is 104 cm³/mol.